The number of nitrogens with zero attached hydrogens (tertiary/aromatic N) is 2. The van der Waals surface area contributed by atoms with Crippen LogP contribution in [-0.4, -0.2) is 45.1 Å². The lowest BCUT2D eigenvalue weighted by atomic mass is 10.1. The molecule has 23 heavy (non-hydrogen) atoms. The van der Waals surface area contributed by atoms with Crippen LogP contribution in [0.4, 0.5) is 0 Å². The molecule has 0 aromatic carbocycles. The highest BCUT2D eigenvalue weighted by molar-refractivity contribution is 7.17. The molecule has 0 aliphatic carbocycles. The SMILES string of the molecule is O=C(c1ccc(-c2ccnc3[nH]ccc23)s1)N1CCCC1CO. The second kappa shape index (κ2) is 5.79. The fraction of sp³-hybridized carbons (Fsp3) is 0.294. The summed E-state index contributed by atoms with van der Waals surface area (Å²) in [5.74, 6) is 0.0252. The van der Waals surface area contributed by atoms with Crippen molar-refractivity contribution in [1.82, 2.24) is 14.9 Å². The number of carbonyl (C=O) groups is 1. The molecule has 3 aromatic heterocycles. The predicted octanol–water partition coefficient (Wildman–Crippen LogP) is 2.89. The van der Waals surface area contributed by atoms with Gasteiger partial charge in [0.05, 0.1) is 17.5 Å². The summed E-state index contributed by atoms with van der Waals surface area (Å²) >= 11 is 1.50. The van der Waals surface area contributed by atoms with Crippen molar-refractivity contribution in [2.45, 2.75) is 18.9 Å². The highest BCUT2D eigenvalue weighted by Gasteiger charge is 2.29. The molecule has 2 N–H and O–H groups in total. The fourth-order valence-corrected chi connectivity index (χ4v) is 4.21. The lowest BCUT2D eigenvalue weighted by Gasteiger charge is -2.22. The molecule has 118 valence electrons. The van der Waals surface area contributed by atoms with Gasteiger partial charge >= 0.3 is 0 Å². The van der Waals surface area contributed by atoms with Gasteiger partial charge in [0, 0.05) is 34.8 Å². The summed E-state index contributed by atoms with van der Waals surface area (Å²) < 4.78 is 0. The molecule has 1 saturated heterocycles. The average molecular weight is 327 g/mol. The van der Waals surface area contributed by atoms with E-state index in [0.717, 1.165) is 45.7 Å². The van der Waals surface area contributed by atoms with Gasteiger partial charge in [0.2, 0.25) is 0 Å². The standard InChI is InChI=1S/C17H17N3O2S/c21-10-11-2-1-9-20(11)17(22)15-4-3-14(23-15)12-5-7-18-16-13(12)6-8-19-16/h3-8,11,21H,1-2,9-10H2,(H,18,19). The Morgan fingerprint density at radius 1 is 1.39 bits per heavy atom. The minimum atomic E-state index is -0.0367. The maximum Gasteiger partial charge on any atom is 0.264 e. The van der Waals surface area contributed by atoms with E-state index < -0.39 is 0 Å². The van der Waals surface area contributed by atoms with Gasteiger partial charge in [-0.05, 0) is 37.1 Å². The van der Waals surface area contributed by atoms with Gasteiger partial charge < -0.3 is 15.0 Å². The third kappa shape index (κ3) is 2.44. The number of pyridine rings is 1. The Bertz CT molecular complexity index is 854. The van der Waals surface area contributed by atoms with Gasteiger partial charge in [0.25, 0.3) is 5.91 Å². The third-order valence-corrected chi connectivity index (χ3v) is 5.50. The highest BCUT2D eigenvalue weighted by Crippen LogP contribution is 2.34. The normalized spacial score (nSPS) is 18.0. The Kier molecular flexibility index (Phi) is 3.63. The molecule has 1 unspecified atom stereocenters. The van der Waals surface area contributed by atoms with Gasteiger partial charge in [-0.1, -0.05) is 0 Å². The van der Waals surface area contributed by atoms with Gasteiger partial charge in [-0.3, -0.25) is 4.79 Å². The van der Waals surface area contributed by atoms with Crippen molar-refractivity contribution in [3.63, 3.8) is 0 Å². The first kappa shape index (κ1) is 14.4. The molecule has 1 aliphatic rings. The fourth-order valence-electron chi connectivity index (χ4n) is 3.21. The van der Waals surface area contributed by atoms with E-state index in [-0.39, 0.29) is 18.6 Å². The molecule has 1 amide bonds. The number of likely N-dealkylation sites (tertiary alicyclic amines) is 1. The van der Waals surface area contributed by atoms with E-state index in [1.54, 1.807) is 11.1 Å². The Hall–Kier alpha value is -2.18. The number of H-pyrrole nitrogens is 1. The molecule has 3 aromatic rings. The highest BCUT2D eigenvalue weighted by atomic mass is 32.1. The number of aliphatic hydroxyl groups excluding tert-OH is 1. The molecule has 1 fully saturated rings. The summed E-state index contributed by atoms with van der Waals surface area (Å²) in [6, 6.07) is 7.81. The topological polar surface area (TPSA) is 69.2 Å². The van der Waals surface area contributed by atoms with Crippen molar-refractivity contribution in [3.8, 4) is 10.4 Å². The number of hydrogen-bond acceptors (Lipinski definition) is 4. The van der Waals surface area contributed by atoms with Crippen LogP contribution in [0.1, 0.15) is 22.5 Å². The van der Waals surface area contributed by atoms with E-state index >= 15 is 0 Å². The van der Waals surface area contributed by atoms with Gasteiger partial charge in [0.1, 0.15) is 5.65 Å². The van der Waals surface area contributed by atoms with Crippen LogP contribution in [0.2, 0.25) is 0 Å². The Morgan fingerprint density at radius 3 is 3.17 bits per heavy atom. The molecule has 6 heteroatoms. The van der Waals surface area contributed by atoms with Gasteiger partial charge in [-0.15, -0.1) is 11.3 Å². The van der Waals surface area contributed by atoms with Crippen LogP contribution >= 0.6 is 11.3 Å². The van der Waals surface area contributed by atoms with Crippen LogP contribution in [0.15, 0.2) is 36.7 Å². The number of rotatable bonds is 3. The molecule has 0 radical (unpaired) electrons. The van der Waals surface area contributed by atoms with Crippen molar-refractivity contribution in [3.05, 3.63) is 41.5 Å². The number of hydrogen-bond donors (Lipinski definition) is 2. The van der Waals surface area contributed by atoms with Crippen LogP contribution in [0.5, 0.6) is 0 Å². The monoisotopic (exact) mass is 327 g/mol. The molecule has 4 heterocycles. The lowest BCUT2D eigenvalue weighted by molar-refractivity contribution is 0.0682. The maximum absolute atomic E-state index is 12.7. The van der Waals surface area contributed by atoms with E-state index in [4.69, 9.17) is 0 Å². The van der Waals surface area contributed by atoms with Crippen molar-refractivity contribution in [1.29, 1.82) is 0 Å². The van der Waals surface area contributed by atoms with Crippen molar-refractivity contribution < 1.29 is 9.90 Å². The maximum atomic E-state index is 12.7. The van der Waals surface area contributed by atoms with Crippen molar-refractivity contribution >= 4 is 28.3 Å². The number of fused-ring (bicyclic) bond motifs is 1. The quantitative estimate of drug-likeness (QED) is 0.777. The van der Waals surface area contributed by atoms with Crippen LogP contribution in [-0.2, 0) is 0 Å². The first-order chi connectivity index (χ1) is 11.3. The zero-order valence-corrected chi connectivity index (χ0v) is 13.3. The van der Waals surface area contributed by atoms with E-state index in [9.17, 15) is 9.90 Å². The van der Waals surface area contributed by atoms with Gasteiger partial charge in [-0.2, -0.15) is 0 Å². The first-order valence-corrected chi connectivity index (χ1v) is 8.53. The van der Waals surface area contributed by atoms with Crippen LogP contribution in [0.25, 0.3) is 21.5 Å². The van der Waals surface area contributed by atoms with E-state index in [0.29, 0.717) is 0 Å². The minimum Gasteiger partial charge on any atom is -0.394 e. The number of amides is 1. The van der Waals surface area contributed by atoms with E-state index in [2.05, 4.69) is 9.97 Å². The summed E-state index contributed by atoms with van der Waals surface area (Å²) in [6.07, 6.45) is 5.49. The summed E-state index contributed by atoms with van der Waals surface area (Å²) in [6.45, 7) is 0.771. The van der Waals surface area contributed by atoms with Crippen molar-refractivity contribution in [2.24, 2.45) is 0 Å². The van der Waals surface area contributed by atoms with E-state index in [1.165, 1.54) is 11.3 Å². The molecule has 0 saturated carbocycles. The van der Waals surface area contributed by atoms with Crippen LogP contribution < -0.4 is 0 Å². The Morgan fingerprint density at radius 2 is 2.30 bits per heavy atom. The minimum absolute atomic E-state index is 0.0252. The smallest absolute Gasteiger partial charge is 0.264 e. The number of nitrogens with one attached hydrogen (secondary N) is 1. The number of carbonyl (C=O) groups excluding carboxylic acids is 1. The summed E-state index contributed by atoms with van der Waals surface area (Å²) in [7, 11) is 0. The average Bonchev–Trinajstić information content (AvgIpc) is 3.32. The lowest BCUT2D eigenvalue weighted by Crippen LogP contribution is -2.37. The molecule has 5 nitrogen and oxygen atoms in total. The second-order valence-corrected chi connectivity index (χ2v) is 6.82. The molecule has 1 atom stereocenters. The zero-order chi connectivity index (χ0) is 15.8. The number of aromatic nitrogens is 2. The third-order valence-electron chi connectivity index (χ3n) is 4.39. The molecule has 1 aliphatic heterocycles. The summed E-state index contributed by atoms with van der Waals surface area (Å²) in [5.41, 5.74) is 1.93. The first-order valence-electron chi connectivity index (χ1n) is 7.72. The number of aromatic amines is 1. The van der Waals surface area contributed by atoms with Crippen LogP contribution in [0, 0.1) is 0 Å². The van der Waals surface area contributed by atoms with Gasteiger partial charge in [-0.25, -0.2) is 4.98 Å². The second-order valence-electron chi connectivity index (χ2n) is 5.74. The summed E-state index contributed by atoms with van der Waals surface area (Å²) in [4.78, 5) is 23.7. The molecule has 0 bridgehead atoms. The van der Waals surface area contributed by atoms with Crippen molar-refractivity contribution in [2.75, 3.05) is 13.2 Å². The molecular formula is C17H17N3O2S. The summed E-state index contributed by atoms with van der Waals surface area (Å²) in [5, 5.41) is 10.5. The largest absolute Gasteiger partial charge is 0.394 e. The number of thiophene rings is 1. The Balaban J connectivity index is 1.67. The van der Waals surface area contributed by atoms with Crippen LogP contribution in [0.3, 0.4) is 0 Å². The van der Waals surface area contributed by atoms with Gasteiger partial charge in [0.15, 0.2) is 0 Å². The number of aliphatic hydroxyl groups is 1. The molecule has 4 rings (SSSR count). The molecule has 0 spiro atoms. The zero-order valence-electron chi connectivity index (χ0n) is 12.5. The molecular weight excluding hydrogens is 310 g/mol. The predicted molar refractivity (Wildman–Crippen MR) is 90.6 cm³/mol. The Labute approximate surface area is 137 Å². The van der Waals surface area contributed by atoms with E-state index in [1.807, 2.05) is 30.5 Å².